The Balaban J connectivity index is 1.99. The first-order chi connectivity index (χ1) is 8.21. The van der Waals surface area contributed by atoms with Crippen LogP contribution in [0, 0.1) is 0 Å². The summed E-state index contributed by atoms with van der Waals surface area (Å²) in [5.41, 5.74) is 3.22. The molecule has 0 aromatic carbocycles. The Morgan fingerprint density at radius 1 is 1.29 bits per heavy atom. The Bertz CT molecular complexity index is 412. The third kappa shape index (κ3) is 1.79. The molecule has 1 aromatic heterocycles. The van der Waals surface area contributed by atoms with Gasteiger partial charge in [-0.25, -0.2) is 0 Å². The van der Waals surface area contributed by atoms with Gasteiger partial charge in [0.25, 0.3) is 0 Å². The molecule has 1 spiro atoms. The number of fused-ring (bicyclic) bond motifs is 2. The van der Waals surface area contributed by atoms with Crippen LogP contribution >= 0.6 is 0 Å². The molecule has 1 N–H and O–H groups in total. The zero-order valence-electron chi connectivity index (χ0n) is 10.9. The number of nitrogens with one attached hydrogen (secondary N) is 1. The fraction of sp³-hybridized carbons (Fsp3) is 0.769. The first kappa shape index (κ1) is 11.2. The van der Waals surface area contributed by atoms with Gasteiger partial charge in [-0.05, 0) is 39.4 Å². The molecule has 3 heterocycles. The molecule has 94 valence electrons. The molecule has 1 saturated heterocycles. The molecule has 0 saturated carbocycles. The predicted octanol–water partition coefficient (Wildman–Crippen LogP) is 0.877. The van der Waals surface area contributed by atoms with Crippen LogP contribution in [-0.4, -0.2) is 41.4 Å². The van der Waals surface area contributed by atoms with Gasteiger partial charge in [-0.15, -0.1) is 0 Å². The summed E-state index contributed by atoms with van der Waals surface area (Å²) in [5.74, 6) is 0. The lowest BCUT2D eigenvalue weighted by atomic mass is 9.74. The second-order valence-corrected chi connectivity index (χ2v) is 5.68. The molecule has 4 nitrogen and oxygen atoms in total. The van der Waals surface area contributed by atoms with E-state index in [2.05, 4.69) is 34.1 Å². The van der Waals surface area contributed by atoms with Crippen molar-refractivity contribution in [2.24, 2.45) is 7.05 Å². The van der Waals surface area contributed by atoms with Crippen LogP contribution in [0.2, 0.25) is 0 Å². The highest BCUT2D eigenvalue weighted by atomic mass is 15.3. The van der Waals surface area contributed by atoms with Crippen LogP contribution in [-0.2, 0) is 19.0 Å². The first-order valence-electron chi connectivity index (χ1n) is 6.62. The number of aromatic nitrogens is 2. The maximum absolute atomic E-state index is 4.46. The zero-order chi connectivity index (χ0) is 11.9. The molecule has 0 aliphatic carbocycles. The molecule has 0 radical (unpaired) electrons. The minimum absolute atomic E-state index is 0.323. The Hall–Kier alpha value is -0.870. The lowest BCUT2D eigenvalue weighted by Crippen LogP contribution is -2.44. The molecule has 0 amide bonds. The summed E-state index contributed by atoms with van der Waals surface area (Å²) in [7, 11) is 4.33. The summed E-state index contributed by atoms with van der Waals surface area (Å²) in [5, 5.41) is 8.05. The van der Waals surface area contributed by atoms with Gasteiger partial charge >= 0.3 is 0 Å². The Kier molecular flexibility index (Phi) is 2.71. The molecule has 1 atom stereocenters. The summed E-state index contributed by atoms with van der Waals surface area (Å²) in [6.07, 6.45) is 5.88. The van der Waals surface area contributed by atoms with Crippen LogP contribution in [0.1, 0.15) is 30.5 Å². The minimum Gasteiger partial charge on any atom is -0.312 e. The largest absolute Gasteiger partial charge is 0.312 e. The summed E-state index contributed by atoms with van der Waals surface area (Å²) >= 11 is 0. The molecular weight excluding hydrogens is 212 g/mol. The van der Waals surface area contributed by atoms with Crippen LogP contribution in [0.4, 0.5) is 0 Å². The molecule has 17 heavy (non-hydrogen) atoms. The molecule has 4 heteroatoms. The third-order valence-corrected chi connectivity index (χ3v) is 4.46. The Morgan fingerprint density at radius 2 is 2.18 bits per heavy atom. The van der Waals surface area contributed by atoms with Crippen LogP contribution in [0.3, 0.4) is 0 Å². The zero-order valence-corrected chi connectivity index (χ0v) is 10.9. The monoisotopic (exact) mass is 234 g/mol. The standard InChI is InChI=1S/C13H22N4/c1-16-6-3-4-13(5-7-16)10-14-8-11-9-15-17(2)12(11)13/h9,14H,3-8,10H2,1-2H3. The Morgan fingerprint density at radius 3 is 3.06 bits per heavy atom. The second-order valence-electron chi connectivity index (χ2n) is 5.68. The van der Waals surface area contributed by atoms with E-state index in [0.717, 1.165) is 13.1 Å². The van der Waals surface area contributed by atoms with Crippen molar-refractivity contribution in [1.29, 1.82) is 0 Å². The van der Waals surface area contributed by atoms with Crippen molar-refractivity contribution in [3.05, 3.63) is 17.5 Å². The van der Waals surface area contributed by atoms with E-state index in [1.807, 2.05) is 6.20 Å². The van der Waals surface area contributed by atoms with Crippen LogP contribution < -0.4 is 5.32 Å². The fourth-order valence-electron chi connectivity index (χ4n) is 3.56. The maximum Gasteiger partial charge on any atom is 0.0537 e. The van der Waals surface area contributed by atoms with Crippen molar-refractivity contribution in [3.63, 3.8) is 0 Å². The smallest absolute Gasteiger partial charge is 0.0537 e. The van der Waals surface area contributed by atoms with Gasteiger partial charge in [-0.1, -0.05) is 0 Å². The molecule has 1 fully saturated rings. The number of likely N-dealkylation sites (tertiary alicyclic amines) is 1. The number of hydrogen-bond donors (Lipinski definition) is 1. The highest BCUT2D eigenvalue weighted by molar-refractivity contribution is 5.30. The second kappa shape index (κ2) is 4.10. The number of hydrogen-bond acceptors (Lipinski definition) is 3. The lowest BCUT2D eigenvalue weighted by molar-refractivity contribution is 0.292. The van der Waals surface area contributed by atoms with Crippen molar-refractivity contribution in [2.75, 3.05) is 26.7 Å². The molecule has 2 aliphatic rings. The van der Waals surface area contributed by atoms with E-state index < -0.39 is 0 Å². The van der Waals surface area contributed by atoms with E-state index >= 15 is 0 Å². The highest BCUT2D eigenvalue weighted by Crippen LogP contribution is 2.38. The number of rotatable bonds is 0. The van der Waals surface area contributed by atoms with E-state index in [0.29, 0.717) is 5.41 Å². The predicted molar refractivity (Wildman–Crippen MR) is 67.9 cm³/mol. The summed E-state index contributed by atoms with van der Waals surface area (Å²) in [4.78, 5) is 2.46. The van der Waals surface area contributed by atoms with Gasteiger partial charge in [-0.3, -0.25) is 4.68 Å². The molecular formula is C13H22N4. The Labute approximate surface area is 103 Å². The van der Waals surface area contributed by atoms with Gasteiger partial charge in [0.1, 0.15) is 0 Å². The fourth-order valence-corrected chi connectivity index (χ4v) is 3.56. The summed E-state index contributed by atoms with van der Waals surface area (Å²) in [6.45, 7) is 4.54. The highest BCUT2D eigenvalue weighted by Gasteiger charge is 2.40. The van der Waals surface area contributed by atoms with Gasteiger partial charge in [0, 0.05) is 31.1 Å². The quantitative estimate of drug-likeness (QED) is 0.723. The molecule has 0 bridgehead atoms. The average Bonchev–Trinajstić information content (AvgIpc) is 2.61. The van der Waals surface area contributed by atoms with Gasteiger partial charge < -0.3 is 10.2 Å². The maximum atomic E-state index is 4.46. The van der Waals surface area contributed by atoms with Crippen molar-refractivity contribution in [3.8, 4) is 0 Å². The number of aryl methyl sites for hydroxylation is 1. The minimum atomic E-state index is 0.323. The van der Waals surface area contributed by atoms with Crippen molar-refractivity contribution < 1.29 is 0 Å². The van der Waals surface area contributed by atoms with Crippen LogP contribution in [0.15, 0.2) is 6.20 Å². The summed E-state index contributed by atoms with van der Waals surface area (Å²) < 4.78 is 2.11. The van der Waals surface area contributed by atoms with E-state index in [1.165, 1.54) is 43.6 Å². The normalized spacial score (nSPS) is 30.2. The molecule has 2 aliphatic heterocycles. The van der Waals surface area contributed by atoms with Gasteiger partial charge in [0.05, 0.1) is 11.9 Å². The van der Waals surface area contributed by atoms with Gasteiger partial charge in [0.15, 0.2) is 0 Å². The average molecular weight is 234 g/mol. The van der Waals surface area contributed by atoms with Gasteiger partial charge in [0.2, 0.25) is 0 Å². The van der Waals surface area contributed by atoms with Crippen LogP contribution in [0.25, 0.3) is 0 Å². The molecule has 1 aromatic rings. The van der Waals surface area contributed by atoms with E-state index in [1.54, 1.807) is 0 Å². The van der Waals surface area contributed by atoms with Gasteiger partial charge in [-0.2, -0.15) is 5.10 Å². The molecule has 1 unspecified atom stereocenters. The first-order valence-corrected chi connectivity index (χ1v) is 6.62. The molecule has 3 rings (SSSR count). The topological polar surface area (TPSA) is 33.1 Å². The third-order valence-electron chi connectivity index (χ3n) is 4.46. The van der Waals surface area contributed by atoms with E-state index in [-0.39, 0.29) is 0 Å². The lowest BCUT2D eigenvalue weighted by Gasteiger charge is -2.37. The van der Waals surface area contributed by atoms with Crippen LogP contribution in [0.5, 0.6) is 0 Å². The van der Waals surface area contributed by atoms with Crippen molar-refractivity contribution in [2.45, 2.75) is 31.2 Å². The number of nitrogens with zero attached hydrogens (tertiary/aromatic N) is 3. The van der Waals surface area contributed by atoms with Crippen molar-refractivity contribution in [1.82, 2.24) is 20.0 Å². The van der Waals surface area contributed by atoms with E-state index in [4.69, 9.17) is 0 Å². The summed E-state index contributed by atoms with van der Waals surface area (Å²) in [6, 6.07) is 0. The SMILES string of the molecule is CN1CCCC2(CC1)CNCc1cnn(C)c12. The van der Waals surface area contributed by atoms with E-state index in [9.17, 15) is 0 Å². The van der Waals surface area contributed by atoms with Crippen molar-refractivity contribution >= 4 is 0 Å².